The molecule has 0 aromatic heterocycles. The summed E-state index contributed by atoms with van der Waals surface area (Å²) in [5, 5.41) is 8.66. The van der Waals surface area contributed by atoms with E-state index in [0.29, 0.717) is 4.90 Å². The first kappa shape index (κ1) is 15.6. The lowest BCUT2D eigenvalue weighted by Crippen LogP contribution is -2.19. The van der Waals surface area contributed by atoms with Crippen LogP contribution in [-0.2, 0) is 15.5 Å². The van der Waals surface area contributed by atoms with Crippen molar-refractivity contribution in [1.82, 2.24) is 0 Å². The van der Waals surface area contributed by atoms with Crippen LogP contribution < -0.4 is 0 Å². The van der Waals surface area contributed by atoms with Crippen LogP contribution in [0.3, 0.4) is 0 Å². The molecule has 0 aliphatic heterocycles. The molecule has 0 saturated carbocycles. The van der Waals surface area contributed by atoms with Crippen molar-refractivity contribution in [2.45, 2.75) is 11.1 Å². The van der Waals surface area contributed by atoms with Crippen LogP contribution in [0.25, 0.3) is 0 Å². The molecule has 1 unspecified atom stereocenters. The highest BCUT2D eigenvalue weighted by atomic mass is 32.2. The summed E-state index contributed by atoms with van der Waals surface area (Å²) in [6.07, 6.45) is -4.40. The smallest absolute Gasteiger partial charge is 0.411 e. The molecule has 1 rings (SSSR count). The second kappa shape index (κ2) is 6.67. The standard InChI is InChI=1S/C11H11F3O4S/c12-11(13,14)7-18-5-6-19(17)9-3-1-8(2-4-9)10(15)16/h1-4H,5-7H2,(H,15,16). The molecule has 0 fully saturated rings. The topological polar surface area (TPSA) is 63.6 Å². The Morgan fingerprint density at radius 1 is 1.26 bits per heavy atom. The first-order chi connectivity index (χ1) is 8.79. The van der Waals surface area contributed by atoms with Gasteiger partial charge in [-0.2, -0.15) is 13.2 Å². The number of alkyl halides is 3. The molecule has 1 N–H and O–H groups in total. The SMILES string of the molecule is O=C(O)c1ccc(S(=O)CCOCC(F)(F)F)cc1. The van der Waals surface area contributed by atoms with Crippen LogP contribution in [0.5, 0.6) is 0 Å². The Bertz CT molecular complexity index is 456. The van der Waals surface area contributed by atoms with Gasteiger partial charge in [-0.1, -0.05) is 0 Å². The number of carboxylic acid groups (broad SMARTS) is 1. The highest BCUT2D eigenvalue weighted by Gasteiger charge is 2.27. The predicted molar refractivity (Wildman–Crippen MR) is 61.6 cm³/mol. The molecule has 4 nitrogen and oxygen atoms in total. The third-order valence-corrected chi connectivity index (χ3v) is 3.38. The van der Waals surface area contributed by atoms with E-state index in [0.717, 1.165) is 0 Å². The highest BCUT2D eigenvalue weighted by Crippen LogP contribution is 2.14. The summed E-state index contributed by atoms with van der Waals surface area (Å²) >= 11 is 0. The highest BCUT2D eigenvalue weighted by molar-refractivity contribution is 7.85. The van der Waals surface area contributed by atoms with E-state index in [9.17, 15) is 22.2 Å². The Labute approximate surface area is 109 Å². The van der Waals surface area contributed by atoms with Crippen LogP contribution in [0, 0.1) is 0 Å². The Morgan fingerprint density at radius 3 is 2.32 bits per heavy atom. The van der Waals surface area contributed by atoms with E-state index in [2.05, 4.69) is 4.74 Å². The first-order valence-electron chi connectivity index (χ1n) is 5.16. The Hall–Kier alpha value is -1.41. The fourth-order valence-electron chi connectivity index (χ4n) is 1.19. The molecule has 0 saturated heterocycles. The number of hydrogen-bond acceptors (Lipinski definition) is 3. The lowest BCUT2D eigenvalue weighted by Gasteiger charge is -2.07. The van der Waals surface area contributed by atoms with Gasteiger partial charge in [0.1, 0.15) is 6.61 Å². The minimum atomic E-state index is -4.40. The largest absolute Gasteiger partial charge is 0.478 e. The summed E-state index contributed by atoms with van der Waals surface area (Å²) in [5.74, 6) is -1.19. The van der Waals surface area contributed by atoms with Crippen LogP contribution in [0.2, 0.25) is 0 Å². The van der Waals surface area contributed by atoms with Gasteiger partial charge in [0.2, 0.25) is 0 Å². The number of carbonyl (C=O) groups is 1. The maximum Gasteiger partial charge on any atom is 0.411 e. The van der Waals surface area contributed by atoms with Gasteiger partial charge in [-0.15, -0.1) is 0 Å². The van der Waals surface area contributed by atoms with E-state index in [1.165, 1.54) is 24.3 Å². The number of rotatable bonds is 6. The summed E-state index contributed by atoms with van der Waals surface area (Å²) in [7, 11) is -1.52. The second-order valence-corrected chi connectivity index (χ2v) is 5.12. The molecule has 106 valence electrons. The summed E-state index contributed by atoms with van der Waals surface area (Å²) < 4.78 is 51.3. The third-order valence-electron chi connectivity index (χ3n) is 2.04. The fraction of sp³-hybridized carbons (Fsp3) is 0.364. The predicted octanol–water partition coefficient (Wildman–Crippen LogP) is 2.07. The Kier molecular flexibility index (Phi) is 5.49. The molecule has 0 amide bonds. The number of hydrogen-bond donors (Lipinski definition) is 1. The molecular weight excluding hydrogens is 285 g/mol. The van der Waals surface area contributed by atoms with Crippen molar-refractivity contribution in [3.63, 3.8) is 0 Å². The minimum Gasteiger partial charge on any atom is -0.478 e. The molecule has 0 bridgehead atoms. The molecule has 0 aliphatic rings. The maximum absolute atomic E-state index is 11.8. The van der Waals surface area contributed by atoms with E-state index < -0.39 is 29.6 Å². The molecule has 0 spiro atoms. The van der Waals surface area contributed by atoms with Crippen molar-refractivity contribution in [3.05, 3.63) is 29.8 Å². The van der Waals surface area contributed by atoms with Gasteiger partial charge < -0.3 is 9.84 Å². The molecule has 19 heavy (non-hydrogen) atoms. The number of benzene rings is 1. The number of aromatic carboxylic acids is 1. The van der Waals surface area contributed by atoms with Crippen molar-refractivity contribution >= 4 is 16.8 Å². The zero-order chi connectivity index (χ0) is 14.5. The van der Waals surface area contributed by atoms with Crippen LogP contribution in [0.1, 0.15) is 10.4 Å². The van der Waals surface area contributed by atoms with Crippen LogP contribution in [0.4, 0.5) is 13.2 Å². The van der Waals surface area contributed by atoms with E-state index in [1.807, 2.05) is 0 Å². The lowest BCUT2D eigenvalue weighted by molar-refractivity contribution is -0.172. The third kappa shape index (κ3) is 5.84. The summed E-state index contributed by atoms with van der Waals surface area (Å²) in [6, 6.07) is 5.30. The minimum absolute atomic E-state index is 0.0501. The number of carboxylic acids is 1. The first-order valence-corrected chi connectivity index (χ1v) is 6.48. The monoisotopic (exact) mass is 296 g/mol. The Morgan fingerprint density at radius 2 is 1.84 bits per heavy atom. The fourth-order valence-corrected chi connectivity index (χ4v) is 2.13. The van der Waals surface area contributed by atoms with Gasteiger partial charge in [0.25, 0.3) is 0 Å². The van der Waals surface area contributed by atoms with Crippen molar-refractivity contribution in [2.24, 2.45) is 0 Å². The molecule has 0 aliphatic carbocycles. The summed E-state index contributed by atoms with van der Waals surface area (Å²) in [6.45, 7) is -1.66. The van der Waals surface area contributed by atoms with Crippen molar-refractivity contribution in [2.75, 3.05) is 19.0 Å². The van der Waals surface area contributed by atoms with Crippen molar-refractivity contribution in [3.8, 4) is 0 Å². The molecule has 1 aromatic carbocycles. The Balaban J connectivity index is 2.43. The van der Waals surface area contributed by atoms with Gasteiger partial charge in [0.15, 0.2) is 0 Å². The number of ether oxygens (including phenoxy) is 1. The zero-order valence-electron chi connectivity index (χ0n) is 9.64. The van der Waals surface area contributed by atoms with Crippen molar-refractivity contribution < 1.29 is 32.0 Å². The second-order valence-electron chi connectivity index (χ2n) is 3.55. The van der Waals surface area contributed by atoms with E-state index in [1.54, 1.807) is 0 Å². The molecule has 1 atom stereocenters. The normalized spacial score (nSPS) is 13.2. The molecule has 0 heterocycles. The van der Waals surface area contributed by atoms with Gasteiger partial charge in [-0.05, 0) is 24.3 Å². The van der Waals surface area contributed by atoms with Gasteiger partial charge >= 0.3 is 12.1 Å². The number of halogens is 3. The van der Waals surface area contributed by atoms with Crippen LogP contribution in [-0.4, -0.2) is 40.4 Å². The summed E-state index contributed by atoms with van der Waals surface area (Å²) in [5.41, 5.74) is 0.0501. The molecule has 8 heteroatoms. The van der Waals surface area contributed by atoms with E-state index in [4.69, 9.17) is 5.11 Å². The van der Waals surface area contributed by atoms with Crippen LogP contribution in [0.15, 0.2) is 29.2 Å². The van der Waals surface area contributed by atoms with Crippen LogP contribution >= 0.6 is 0 Å². The van der Waals surface area contributed by atoms with Gasteiger partial charge in [-0.3, -0.25) is 4.21 Å². The van der Waals surface area contributed by atoms with E-state index >= 15 is 0 Å². The van der Waals surface area contributed by atoms with Gasteiger partial charge in [-0.25, -0.2) is 4.79 Å². The molecule has 0 radical (unpaired) electrons. The lowest BCUT2D eigenvalue weighted by atomic mass is 10.2. The zero-order valence-corrected chi connectivity index (χ0v) is 10.5. The van der Waals surface area contributed by atoms with Crippen molar-refractivity contribution in [1.29, 1.82) is 0 Å². The quantitative estimate of drug-likeness (QED) is 0.816. The molecule has 1 aromatic rings. The van der Waals surface area contributed by atoms with Gasteiger partial charge in [0.05, 0.1) is 28.7 Å². The average Bonchev–Trinajstić information content (AvgIpc) is 2.33. The van der Waals surface area contributed by atoms with E-state index in [-0.39, 0.29) is 17.9 Å². The molecular formula is C11H11F3O4S. The average molecular weight is 296 g/mol. The maximum atomic E-state index is 11.8. The van der Waals surface area contributed by atoms with Gasteiger partial charge in [0, 0.05) is 4.90 Å². The summed E-state index contributed by atoms with van der Waals surface area (Å²) in [4.78, 5) is 10.9.